The van der Waals surface area contributed by atoms with E-state index in [4.69, 9.17) is 0 Å². The molecular weight excluding hydrogens is 213 g/mol. The Hall–Kier alpha value is -1.49. The molecule has 15 heavy (non-hydrogen) atoms. The van der Waals surface area contributed by atoms with Gasteiger partial charge in [0.1, 0.15) is 10.8 Å². The highest BCUT2D eigenvalue weighted by molar-refractivity contribution is 7.09. The lowest BCUT2D eigenvalue weighted by Gasteiger charge is -2.12. The Morgan fingerprint density at radius 3 is 2.67 bits per heavy atom. The maximum Gasteiger partial charge on any atom is 0.130 e. The van der Waals surface area contributed by atoms with Crippen LogP contribution in [0.15, 0.2) is 30.5 Å². The second-order valence-corrected chi connectivity index (χ2v) is 3.99. The molecule has 0 radical (unpaired) electrons. The fourth-order valence-electron chi connectivity index (χ4n) is 1.28. The van der Waals surface area contributed by atoms with E-state index in [1.807, 2.05) is 6.92 Å². The van der Waals surface area contributed by atoms with Crippen LogP contribution in [-0.2, 0) is 0 Å². The van der Waals surface area contributed by atoms with Crippen molar-refractivity contribution in [2.75, 3.05) is 5.32 Å². The number of nitrogens with one attached hydrogen (secondary N) is 1. The molecule has 1 atom stereocenters. The van der Waals surface area contributed by atoms with Gasteiger partial charge in [-0.15, -0.1) is 5.10 Å². The van der Waals surface area contributed by atoms with Gasteiger partial charge in [-0.05, 0) is 24.6 Å². The average Bonchev–Trinajstić information content (AvgIpc) is 2.71. The van der Waals surface area contributed by atoms with E-state index in [-0.39, 0.29) is 11.9 Å². The second-order valence-electron chi connectivity index (χ2n) is 3.20. The molecule has 1 N–H and O–H groups in total. The van der Waals surface area contributed by atoms with Gasteiger partial charge in [0, 0.05) is 17.6 Å². The van der Waals surface area contributed by atoms with Crippen molar-refractivity contribution in [3.05, 3.63) is 41.8 Å². The van der Waals surface area contributed by atoms with E-state index in [1.54, 1.807) is 18.3 Å². The van der Waals surface area contributed by atoms with Crippen molar-refractivity contribution < 1.29 is 4.39 Å². The Labute approximate surface area is 91.1 Å². The lowest BCUT2D eigenvalue weighted by Crippen LogP contribution is -2.05. The van der Waals surface area contributed by atoms with Gasteiger partial charge in [0.05, 0.1) is 6.20 Å². The first-order chi connectivity index (χ1) is 7.25. The summed E-state index contributed by atoms with van der Waals surface area (Å²) in [6.45, 7) is 2.01. The molecule has 0 aliphatic carbocycles. The first-order valence-corrected chi connectivity index (χ1v) is 5.32. The van der Waals surface area contributed by atoms with E-state index in [2.05, 4.69) is 14.9 Å². The summed E-state index contributed by atoms with van der Waals surface area (Å²) in [4.78, 5) is 0. The smallest absolute Gasteiger partial charge is 0.130 e. The predicted molar refractivity (Wildman–Crippen MR) is 58.3 cm³/mol. The Kier molecular flexibility index (Phi) is 2.91. The number of hydrogen-bond donors (Lipinski definition) is 1. The Bertz CT molecular complexity index is 413. The van der Waals surface area contributed by atoms with Gasteiger partial charge < -0.3 is 5.32 Å². The molecule has 3 nitrogen and oxygen atoms in total. The molecule has 0 bridgehead atoms. The number of halogens is 1. The molecule has 1 aromatic carbocycles. The van der Waals surface area contributed by atoms with Crippen LogP contribution in [0.2, 0.25) is 0 Å². The van der Waals surface area contributed by atoms with Crippen LogP contribution in [0.5, 0.6) is 0 Å². The van der Waals surface area contributed by atoms with Crippen LogP contribution >= 0.6 is 11.5 Å². The van der Waals surface area contributed by atoms with Crippen molar-refractivity contribution in [1.29, 1.82) is 0 Å². The Morgan fingerprint density at radius 2 is 2.07 bits per heavy atom. The van der Waals surface area contributed by atoms with E-state index in [0.717, 1.165) is 10.6 Å². The van der Waals surface area contributed by atoms with Gasteiger partial charge in [-0.3, -0.25) is 0 Å². The van der Waals surface area contributed by atoms with E-state index >= 15 is 0 Å². The third-order valence-electron chi connectivity index (χ3n) is 2.09. The summed E-state index contributed by atoms with van der Waals surface area (Å²) in [5.74, 6) is -0.217. The van der Waals surface area contributed by atoms with Crippen molar-refractivity contribution in [1.82, 2.24) is 9.59 Å². The van der Waals surface area contributed by atoms with Gasteiger partial charge in [0.25, 0.3) is 0 Å². The normalized spacial score (nSPS) is 12.4. The van der Waals surface area contributed by atoms with Gasteiger partial charge in [0.2, 0.25) is 0 Å². The average molecular weight is 223 g/mol. The Balaban J connectivity index is 2.08. The molecule has 5 heteroatoms. The third kappa shape index (κ3) is 2.50. The topological polar surface area (TPSA) is 37.8 Å². The van der Waals surface area contributed by atoms with Crippen LogP contribution in [0.1, 0.15) is 18.5 Å². The minimum Gasteiger partial charge on any atom is -0.368 e. The van der Waals surface area contributed by atoms with Gasteiger partial charge in [-0.2, -0.15) is 0 Å². The predicted octanol–water partition coefficient (Wildman–Crippen LogP) is 2.85. The van der Waals surface area contributed by atoms with Crippen molar-refractivity contribution >= 4 is 16.5 Å². The Morgan fingerprint density at radius 1 is 1.33 bits per heavy atom. The molecule has 2 aromatic rings. The summed E-state index contributed by atoms with van der Waals surface area (Å²) in [6.07, 6.45) is 1.67. The lowest BCUT2D eigenvalue weighted by molar-refractivity contribution is 0.626. The fourth-order valence-corrected chi connectivity index (χ4v) is 1.78. The molecule has 78 valence electrons. The third-order valence-corrected chi connectivity index (χ3v) is 2.69. The van der Waals surface area contributed by atoms with Crippen molar-refractivity contribution in [2.24, 2.45) is 0 Å². The highest BCUT2D eigenvalue weighted by atomic mass is 32.1. The zero-order valence-corrected chi connectivity index (χ0v) is 8.96. The number of rotatable bonds is 3. The second kappa shape index (κ2) is 4.35. The first-order valence-electron chi connectivity index (χ1n) is 4.55. The maximum atomic E-state index is 12.7. The van der Waals surface area contributed by atoms with Crippen LogP contribution in [0, 0.1) is 5.82 Å². The molecule has 1 heterocycles. The zero-order chi connectivity index (χ0) is 10.7. The highest BCUT2D eigenvalue weighted by Crippen LogP contribution is 2.20. The summed E-state index contributed by atoms with van der Waals surface area (Å²) in [7, 11) is 0. The van der Waals surface area contributed by atoms with E-state index < -0.39 is 0 Å². The van der Waals surface area contributed by atoms with E-state index in [9.17, 15) is 4.39 Å². The van der Waals surface area contributed by atoms with Crippen LogP contribution < -0.4 is 5.32 Å². The van der Waals surface area contributed by atoms with Crippen molar-refractivity contribution in [3.8, 4) is 0 Å². The van der Waals surface area contributed by atoms with Crippen LogP contribution in [0.4, 0.5) is 9.39 Å². The van der Waals surface area contributed by atoms with E-state index in [0.29, 0.717) is 0 Å². The fraction of sp³-hybridized carbons (Fsp3) is 0.200. The van der Waals surface area contributed by atoms with Crippen molar-refractivity contribution in [2.45, 2.75) is 13.0 Å². The lowest BCUT2D eigenvalue weighted by atomic mass is 10.1. The summed E-state index contributed by atoms with van der Waals surface area (Å²) >= 11 is 1.30. The summed E-state index contributed by atoms with van der Waals surface area (Å²) in [5.41, 5.74) is 1.03. The summed E-state index contributed by atoms with van der Waals surface area (Å²) in [5, 5.41) is 7.87. The molecule has 0 aliphatic rings. The summed E-state index contributed by atoms with van der Waals surface area (Å²) in [6, 6.07) is 6.56. The number of aromatic nitrogens is 2. The molecule has 0 saturated heterocycles. The molecule has 0 amide bonds. The van der Waals surface area contributed by atoms with Gasteiger partial charge in [0.15, 0.2) is 0 Å². The summed E-state index contributed by atoms with van der Waals surface area (Å²) < 4.78 is 16.4. The zero-order valence-electron chi connectivity index (χ0n) is 8.14. The largest absolute Gasteiger partial charge is 0.368 e. The number of nitrogens with zero attached hydrogens (tertiary/aromatic N) is 2. The number of hydrogen-bond acceptors (Lipinski definition) is 4. The SMILES string of the molecule is CC(Nc1cnns1)c1ccc(F)cc1. The molecule has 2 rings (SSSR count). The molecule has 1 unspecified atom stereocenters. The number of benzene rings is 1. The first kappa shape index (κ1) is 10.0. The minimum absolute atomic E-state index is 0.118. The molecule has 0 aliphatic heterocycles. The quantitative estimate of drug-likeness (QED) is 0.869. The van der Waals surface area contributed by atoms with Crippen molar-refractivity contribution in [3.63, 3.8) is 0 Å². The maximum absolute atomic E-state index is 12.7. The van der Waals surface area contributed by atoms with Gasteiger partial charge in [-0.1, -0.05) is 16.6 Å². The number of anilines is 1. The molecule has 1 aromatic heterocycles. The van der Waals surface area contributed by atoms with Gasteiger partial charge >= 0.3 is 0 Å². The molecule has 0 saturated carbocycles. The molecule has 0 spiro atoms. The van der Waals surface area contributed by atoms with Crippen LogP contribution in [0.3, 0.4) is 0 Å². The standard InChI is InChI=1S/C10H10FN3S/c1-7(13-10-6-12-14-15-10)8-2-4-9(11)5-3-8/h2-7,13H,1H3. The van der Waals surface area contributed by atoms with Gasteiger partial charge in [-0.25, -0.2) is 4.39 Å². The monoisotopic (exact) mass is 223 g/mol. The van der Waals surface area contributed by atoms with E-state index in [1.165, 1.54) is 23.7 Å². The minimum atomic E-state index is -0.217. The van der Waals surface area contributed by atoms with Crippen LogP contribution in [-0.4, -0.2) is 9.59 Å². The highest BCUT2D eigenvalue weighted by Gasteiger charge is 2.06. The van der Waals surface area contributed by atoms with Crippen LogP contribution in [0.25, 0.3) is 0 Å². The molecule has 0 fully saturated rings. The molecular formula is C10H10FN3S.